The van der Waals surface area contributed by atoms with Crippen LogP contribution in [-0.2, 0) is 9.47 Å². The Morgan fingerprint density at radius 3 is 2.58 bits per heavy atom. The molecule has 0 aromatic heterocycles. The van der Waals surface area contributed by atoms with Crippen LogP contribution in [0.25, 0.3) is 0 Å². The second-order valence-corrected chi connectivity index (χ2v) is 7.10. The zero-order valence-electron chi connectivity index (χ0n) is 15.6. The number of likely N-dealkylation sites (tertiary alicyclic amines) is 1. The van der Waals surface area contributed by atoms with Gasteiger partial charge in [0.05, 0.1) is 18.8 Å². The number of ether oxygens (including phenoxy) is 2. The van der Waals surface area contributed by atoms with E-state index in [9.17, 15) is 0 Å². The molecule has 1 atom stereocenters. The summed E-state index contributed by atoms with van der Waals surface area (Å²) in [7, 11) is 0. The highest BCUT2D eigenvalue weighted by Gasteiger charge is 2.23. The molecule has 1 unspecified atom stereocenters. The highest BCUT2D eigenvalue weighted by molar-refractivity contribution is 14.0. The molecular weight excluding hydrogens is 417 g/mol. The van der Waals surface area contributed by atoms with Crippen LogP contribution in [0.4, 0.5) is 0 Å². The maximum atomic E-state index is 6.10. The first-order chi connectivity index (χ1) is 11.2. The molecule has 2 saturated heterocycles. The molecule has 2 heterocycles. The van der Waals surface area contributed by atoms with Gasteiger partial charge in [-0.1, -0.05) is 13.8 Å². The molecule has 0 aromatic carbocycles. The van der Waals surface area contributed by atoms with E-state index in [0.29, 0.717) is 18.1 Å². The van der Waals surface area contributed by atoms with Crippen LogP contribution in [0, 0.1) is 5.92 Å². The van der Waals surface area contributed by atoms with Crippen LogP contribution < -0.4 is 5.32 Å². The van der Waals surface area contributed by atoms with Gasteiger partial charge in [0.2, 0.25) is 0 Å². The fourth-order valence-corrected chi connectivity index (χ4v) is 3.11. The van der Waals surface area contributed by atoms with E-state index < -0.39 is 0 Å². The number of nitrogens with zero attached hydrogens (tertiary/aromatic N) is 2. The number of halogens is 1. The summed E-state index contributed by atoms with van der Waals surface area (Å²) in [5.41, 5.74) is 0. The Kier molecular flexibility index (Phi) is 11.3. The van der Waals surface area contributed by atoms with E-state index in [1.54, 1.807) is 0 Å². The standard InChI is InChI=1S/C18H35N3O2.HI/c1-4-19-18(20-13-15(2)3)21-10-8-16(9-11-21)23-14-17-7-5-6-12-22-17;/h15-17H,4-14H2,1-3H3,(H,19,20);1H. The van der Waals surface area contributed by atoms with Crippen molar-refractivity contribution in [3.63, 3.8) is 0 Å². The fourth-order valence-electron chi connectivity index (χ4n) is 3.11. The van der Waals surface area contributed by atoms with Crippen LogP contribution >= 0.6 is 24.0 Å². The first-order valence-corrected chi connectivity index (χ1v) is 9.45. The Balaban J connectivity index is 0.00000288. The number of aliphatic imine (C=N–C) groups is 1. The van der Waals surface area contributed by atoms with Gasteiger partial charge < -0.3 is 19.7 Å². The summed E-state index contributed by atoms with van der Waals surface area (Å²) in [5, 5.41) is 3.42. The minimum Gasteiger partial charge on any atom is -0.376 e. The van der Waals surface area contributed by atoms with Gasteiger partial charge in [0.25, 0.3) is 0 Å². The van der Waals surface area contributed by atoms with E-state index in [2.05, 4.69) is 31.0 Å². The van der Waals surface area contributed by atoms with Gasteiger partial charge in [-0.15, -0.1) is 24.0 Å². The SMILES string of the molecule is CCNC(=NCC(C)C)N1CCC(OCC2CCCCO2)CC1.I. The lowest BCUT2D eigenvalue weighted by Crippen LogP contribution is -2.47. The van der Waals surface area contributed by atoms with Crippen LogP contribution in [0.2, 0.25) is 0 Å². The summed E-state index contributed by atoms with van der Waals surface area (Å²) < 4.78 is 11.8. The maximum Gasteiger partial charge on any atom is 0.193 e. The van der Waals surface area contributed by atoms with Crippen LogP contribution in [0.5, 0.6) is 0 Å². The predicted molar refractivity (Wildman–Crippen MR) is 110 cm³/mol. The molecule has 2 aliphatic rings. The molecule has 2 aliphatic heterocycles. The third kappa shape index (κ3) is 7.87. The Morgan fingerprint density at radius 2 is 2.00 bits per heavy atom. The molecule has 0 saturated carbocycles. The van der Waals surface area contributed by atoms with Crippen molar-refractivity contribution in [2.24, 2.45) is 10.9 Å². The zero-order chi connectivity index (χ0) is 16.5. The summed E-state index contributed by atoms with van der Waals surface area (Å²) in [6, 6.07) is 0. The molecule has 0 radical (unpaired) electrons. The van der Waals surface area contributed by atoms with Crippen molar-refractivity contribution in [2.45, 2.75) is 65.1 Å². The molecule has 142 valence electrons. The Bertz CT molecular complexity index is 352. The quantitative estimate of drug-likeness (QED) is 0.381. The fraction of sp³-hybridized carbons (Fsp3) is 0.944. The molecule has 0 aromatic rings. The molecule has 0 aliphatic carbocycles. The minimum absolute atomic E-state index is 0. The van der Waals surface area contributed by atoms with E-state index in [0.717, 1.165) is 64.6 Å². The number of piperidine rings is 1. The molecule has 0 amide bonds. The summed E-state index contributed by atoms with van der Waals surface area (Å²) in [4.78, 5) is 7.13. The number of hydrogen-bond acceptors (Lipinski definition) is 3. The molecule has 24 heavy (non-hydrogen) atoms. The largest absolute Gasteiger partial charge is 0.376 e. The molecule has 0 spiro atoms. The van der Waals surface area contributed by atoms with E-state index in [1.165, 1.54) is 12.8 Å². The Labute approximate surface area is 165 Å². The van der Waals surface area contributed by atoms with E-state index in [4.69, 9.17) is 14.5 Å². The van der Waals surface area contributed by atoms with Crippen molar-refractivity contribution in [2.75, 3.05) is 39.4 Å². The van der Waals surface area contributed by atoms with Crippen molar-refractivity contribution < 1.29 is 9.47 Å². The molecule has 2 fully saturated rings. The Hall–Kier alpha value is -0.0800. The minimum atomic E-state index is 0. The summed E-state index contributed by atoms with van der Waals surface area (Å²) >= 11 is 0. The summed E-state index contributed by atoms with van der Waals surface area (Å²) in [5.74, 6) is 1.66. The summed E-state index contributed by atoms with van der Waals surface area (Å²) in [6.45, 7) is 12.1. The number of nitrogens with one attached hydrogen (secondary N) is 1. The van der Waals surface area contributed by atoms with Crippen molar-refractivity contribution in [3.05, 3.63) is 0 Å². The second kappa shape index (κ2) is 12.3. The number of rotatable bonds is 6. The average molecular weight is 453 g/mol. The molecular formula is C18H36IN3O2. The highest BCUT2D eigenvalue weighted by atomic mass is 127. The Morgan fingerprint density at radius 1 is 1.25 bits per heavy atom. The first kappa shape index (κ1) is 22.0. The van der Waals surface area contributed by atoms with Gasteiger partial charge in [0.15, 0.2) is 5.96 Å². The number of guanidine groups is 1. The lowest BCUT2D eigenvalue weighted by molar-refractivity contribution is -0.0721. The highest BCUT2D eigenvalue weighted by Crippen LogP contribution is 2.18. The molecule has 0 bridgehead atoms. The molecule has 5 nitrogen and oxygen atoms in total. The lowest BCUT2D eigenvalue weighted by atomic mass is 10.1. The van der Waals surface area contributed by atoms with Crippen molar-refractivity contribution in [1.29, 1.82) is 0 Å². The zero-order valence-corrected chi connectivity index (χ0v) is 18.0. The second-order valence-electron chi connectivity index (χ2n) is 7.10. The van der Waals surface area contributed by atoms with Crippen molar-refractivity contribution in [3.8, 4) is 0 Å². The van der Waals surface area contributed by atoms with Crippen LogP contribution in [0.15, 0.2) is 4.99 Å². The smallest absolute Gasteiger partial charge is 0.193 e. The van der Waals surface area contributed by atoms with E-state index >= 15 is 0 Å². The topological polar surface area (TPSA) is 46.1 Å². The first-order valence-electron chi connectivity index (χ1n) is 9.45. The predicted octanol–water partition coefficient (Wildman–Crippen LogP) is 3.28. The van der Waals surface area contributed by atoms with Gasteiger partial charge in [-0.25, -0.2) is 0 Å². The van der Waals surface area contributed by atoms with Crippen molar-refractivity contribution in [1.82, 2.24) is 10.2 Å². The van der Waals surface area contributed by atoms with Gasteiger partial charge in [-0.3, -0.25) is 4.99 Å². The monoisotopic (exact) mass is 453 g/mol. The van der Waals surface area contributed by atoms with Crippen molar-refractivity contribution >= 4 is 29.9 Å². The average Bonchev–Trinajstić information content (AvgIpc) is 2.58. The van der Waals surface area contributed by atoms with Crippen LogP contribution in [0.3, 0.4) is 0 Å². The molecule has 6 heteroatoms. The van der Waals surface area contributed by atoms with Gasteiger partial charge in [-0.05, 0) is 44.9 Å². The van der Waals surface area contributed by atoms with Gasteiger partial charge in [-0.2, -0.15) is 0 Å². The number of hydrogen-bond donors (Lipinski definition) is 1. The van der Waals surface area contributed by atoms with Gasteiger partial charge >= 0.3 is 0 Å². The molecule has 1 N–H and O–H groups in total. The summed E-state index contributed by atoms with van der Waals surface area (Å²) in [6.07, 6.45) is 6.52. The third-order valence-corrected chi connectivity index (χ3v) is 4.47. The van der Waals surface area contributed by atoms with Gasteiger partial charge in [0, 0.05) is 32.8 Å². The van der Waals surface area contributed by atoms with E-state index in [-0.39, 0.29) is 24.0 Å². The maximum absolute atomic E-state index is 6.10. The van der Waals surface area contributed by atoms with Gasteiger partial charge in [0.1, 0.15) is 0 Å². The normalized spacial score (nSPS) is 23.2. The molecule has 2 rings (SSSR count). The third-order valence-electron chi connectivity index (χ3n) is 4.47. The lowest BCUT2D eigenvalue weighted by Gasteiger charge is -2.35. The van der Waals surface area contributed by atoms with E-state index in [1.807, 2.05) is 0 Å². The van der Waals surface area contributed by atoms with Crippen LogP contribution in [0.1, 0.15) is 52.9 Å². The van der Waals surface area contributed by atoms with Crippen LogP contribution in [-0.4, -0.2) is 62.5 Å².